The van der Waals surface area contributed by atoms with Gasteiger partial charge in [-0.1, -0.05) is 37.6 Å². The number of benzene rings is 2. The molecule has 1 saturated heterocycles. The van der Waals surface area contributed by atoms with E-state index in [1.807, 2.05) is 0 Å². The summed E-state index contributed by atoms with van der Waals surface area (Å²) in [5.41, 5.74) is 2.20. The highest BCUT2D eigenvalue weighted by atomic mass is 35.5. The number of imide groups is 1. The van der Waals surface area contributed by atoms with Gasteiger partial charge in [-0.15, -0.1) is 0 Å². The first-order valence-electron chi connectivity index (χ1n) is 10.8. The number of carbonyl (C=O) groups excluding carboxylic acids is 2. The van der Waals surface area contributed by atoms with Crippen LogP contribution in [-0.4, -0.2) is 36.4 Å². The lowest BCUT2D eigenvalue weighted by atomic mass is 10.0. The van der Waals surface area contributed by atoms with Crippen molar-refractivity contribution in [1.29, 1.82) is 0 Å². The molecular weight excluding hydrogens is 412 g/mol. The molecule has 0 aromatic heterocycles. The van der Waals surface area contributed by atoms with Crippen molar-refractivity contribution in [2.75, 3.05) is 24.6 Å². The van der Waals surface area contributed by atoms with E-state index in [-0.39, 0.29) is 11.8 Å². The van der Waals surface area contributed by atoms with E-state index in [0.29, 0.717) is 40.1 Å². The lowest BCUT2D eigenvalue weighted by Crippen LogP contribution is -2.37. The van der Waals surface area contributed by atoms with Gasteiger partial charge in [0.15, 0.2) is 0 Å². The third kappa shape index (κ3) is 4.47. The Hall–Kier alpha value is -2.79. The highest BCUT2D eigenvalue weighted by molar-refractivity contribution is 6.45. The van der Waals surface area contributed by atoms with Gasteiger partial charge in [0.25, 0.3) is 11.8 Å². The maximum absolute atomic E-state index is 13.5. The van der Waals surface area contributed by atoms with E-state index in [4.69, 9.17) is 16.3 Å². The predicted molar refractivity (Wildman–Crippen MR) is 123 cm³/mol. The van der Waals surface area contributed by atoms with Crippen molar-refractivity contribution in [1.82, 2.24) is 4.90 Å². The standard InChI is InChI=1S/C25H27ClN2O3/c1-17(2)16-31-21-12-10-20(11-13-21)28-24(29)22(18-6-8-19(26)9-7-18)23(25(28)30)27-14-4-3-5-15-27/h6-13,17H,3-5,14-16H2,1-2H3. The van der Waals surface area contributed by atoms with Gasteiger partial charge in [0.2, 0.25) is 0 Å². The summed E-state index contributed by atoms with van der Waals surface area (Å²) < 4.78 is 5.74. The van der Waals surface area contributed by atoms with Gasteiger partial charge in [-0.3, -0.25) is 9.59 Å². The Balaban J connectivity index is 1.68. The second-order valence-corrected chi connectivity index (χ2v) is 8.86. The van der Waals surface area contributed by atoms with Crippen molar-refractivity contribution in [2.45, 2.75) is 33.1 Å². The second kappa shape index (κ2) is 9.15. The third-order valence-corrected chi connectivity index (χ3v) is 5.79. The van der Waals surface area contributed by atoms with Crippen LogP contribution in [0.1, 0.15) is 38.7 Å². The van der Waals surface area contributed by atoms with Gasteiger partial charge in [-0.05, 0) is 67.1 Å². The van der Waals surface area contributed by atoms with Crippen LogP contribution in [-0.2, 0) is 9.59 Å². The molecule has 162 valence electrons. The van der Waals surface area contributed by atoms with E-state index in [2.05, 4.69) is 18.7 Å². The van der Waals surface area contributed by atoms with Crippen LogP contribution in [0.4, 0.5) is 5.69 Å². The van der Waals surface area contributed by atoms with E-state index in [9.17, 15) is 9.59 Å². The zero-order valence-electron chi connectivity index (χ0n) is 17.9. The van der Waals surface area contributed by atoms with Crippen LogP contribution in [0, 0.1) is 5.92 Å². The highest BCUT2D eigenvalue weighted by Gasteiger charge is 2.42. The van der Waals surface area contributed by atoms with Gasteiger partial charge < -0.3 is 9.64 Å². The van der Waals surface area contributed by atoms with Gasteiger partial charge in [0, 0.05) is 18.1 Å². The molecule has 5 nitrogen and oxygen atoms in total. The molecule has 0 radical (unpaired) electrons. The number of nitrogens with zero attached hydrogens (tertiary/aromatic N) is 2. The summed E-state index contributed by atoms with van der Waals surface area (Å²) in [5, 5.41) is 0.592. The highest BCUT2D eigenvalue weighted by Crippen LogP contribution is 2.36. The predicted octanol–water partition coefficient (Wildman–Crippen LogP) is 5.15. The number of halogens is 1. The first-order valence-corrected chi connectivity index (χ1v) is 11.2. The Labute approximate surface area is 188 Å². The van der Waals surface area contributed by atoms with Crippen LogP contribution >= 0.6 is 11.6 Å². The van der Waals surface area contributed by atoms with E-state index in [1.54, 1.807) is 48.5 Å². The fourth-order valence-electron chi connectivity index (χ4n) is 3.99. The van der Waals surface area contributed by atoms with Crippen molar-refractivity contribution >= 4 is 34.7 Å². The molecule has 0 bridgehead atoms. The molecule has 0 N–H and O–H groups in total. The fourth-order valence-corrected chi connectivity index (χ4v) is 4.12. The molecule has 1 fully saturated rings. The average Bonchev–Trinajstić information content (AvgIpc) is 3.04. The monoisotopic (exact) mass is 438 g/mol. The smallest absolute Gasteiger partial charge is 0.282 e. The van der Waals surface area contributed by atoms with Crippen molar-refractivity contribution < 1.29 is 14.3 Å². The quantitative estimate of drug-likeness (QED) is 0.585. The van der Waals surface area contributed by atoms with E-state index in [0.717, 1.165) is 38.1 Å². The van der Waals surface area contributed by atoms with Crippen molar-refractivity contribution in [3.63, 3.8) is 0 Å². The molecule has 6 heteroatoms. The van der Waals surface area contributed by atoms with Crippen molar-refractivity contribution in [3.05, 3.63) is 64.8 Å². The molecular formula is C25H27ClN2O3. The maximum Gasteiger partial charge on any atom is 0.282 e. The number of anilines is 1. The average molecular weight is 439 g/mol. The summed E-state index contributed by atoms with van der Waals surface area (Å²) in [6.45, 7) is 6.34. The minimum absolute atomic E-state index is 0.271. The fraction of sp³-hybridized carbons (Fsp3) is 0.360. The van der Waals surface area contributed by atoms with Crippen LogP contribution < -0.4 is 9.64 Å². The Morgan fingerprint density at radius 1 is 0.903 bits per heavy atom. The zero-order chi connectivity index (χ0) is 22.0. The van der Waals surface area contributed by atoms with Crippen molar-refractivity contribution in [2.24, 2.45) is 5.92 Å². The van der Waals surface area contributed by atoms with E-state index in [1.165, 1.54) is 4.90 Å². The van der Waals surface area contributed by atoms with Crippen LogP contribution in [0.3, 0.4) is 0 Å². The molecule has 2 amide bonds. The summed E-state index contributed by atoms with van der Waals surface area (Å²) >= 11 is 6.05. The minimum Gasteiger partial charge on any atom is -0.493 e. The number of ether oxygens (including phenoxy) is 1. The number of carbonyl (C=O) groups is 2. The molecule has 4 rings (SSSR count). The number of amides is 2. The topological polar surface area (TPSA) is 49.9 Å². The Bertz CT molecular complexity index is 990. The SMILES string of the molecule is CC(C)COc1ccc(N2C(=O)C(c3ccc(Cl)cc3)=C(N3CCCCC3)C2=O)cc1. The number of rotatable bonds is 6. The maximum atomic E-state index is 13.5. The van der Waals surface area contributed by atoms with Crippen LogP contribution in [0.5, 0.6) is 5.75 Å². The number of hydrogen-bond acceptors (Lipinski definition) is 4. The Morgan fingerprint density at radius 2 is 1.55 bits per heavy atom. The molecule has 31 heavy (non-hydrogen) atoms. The molecule has 2 aromatic carbocycles. The first kappa shape index (κ1) is 21.4. The molecule has 0 aliphatic carbocycles. The van der Waals surface area contributed by atoms with Gasteiger partial charge in [0.1, 0.15) is 11.4 Å². The van der Waals surface area contributed by atoms with Crippen LogP contribution in [0.25, 0.3) is 5.57 Å². The molecule has 2 aromatic rings. The molecule has 0 atom stereocenters. The summed E-state index contributed by atoms with van der Waals surface area (Å²) in [6, 6.07) is 14.3. The normalized spacial score (nSPS) is 17.2. The van der Waals surface area contributed by atoms with Crippen LogP contribution in [0.15, 0.2) is 54.2 Å². The summed E-state index contributed by atoms with van der Waals surface area (Å²) in [6.07, 6.45) is 3.17. The molecule has 0 saturated carbocycles. The number of hydrogen-bond donors (Lipinski definition) is 0. The lowest BCUT2D eigenvalue weighted by Gasteiger charge is -2.29. The molecule has 0 spiro atoms. The second-order valence-electron chi connectivity index (χ2n) is 8.42. The summed E-state index contributed by atoms with van der Waals surface area (Å²) in [4.78, 5) is 30.4. The zero-order valence-corrected chi connectivity index (χ0v) is 18.7. The van der Waals surface area contributed by atoms with Gasteiger partial charge in [-0.25, -0.2) is 4.90 Å². The summed E-state index contributed by atoms with van der Waals surface area (Å²) in [7, 11) is 0. The largest absolute Gasteiger partial charge is 0.493 e. The van der Waals surface area contributed by atoms with Gasteiger partial charge in [0.05, 0.1) is 17.9 Å². The molecule has 0 unspecified atom stereocenters. The summed E-state index contributed by atoms with van der Waals surface area (Å²) in [5.74, 6) is 0.565. The molecule has 2 heterocycles. The Morgan fingerprint density at radius 3 is 2.16 bits per heavy atom. The van der Waals surface area contributed by atoms with Gasteiger partial charge in [-0.2, -0.15) is 0 Å². The Kier molecular flexibility index (Phi) is 6.33. The number of likely N-dealkylation sites (tertiary alicyclic amines) is 1. The molecule has 2 aliphatic heterocycles. The number of piperidine rings is 1. The third-order valence-electron chi connectivity index (χ3n) is 5.54. The van der Waals surface area contributed by atoms with Crippen molar-refractivity contribution in [3.8, 4) is 5.75 Å². The lowest BCUT2D eigenvalue weighted by molar-refractivity contribution is -0.120. The first-order chi connectivity index (χ1) is 15.0. The minimum atomic E-state index is -0.302. The van der Waals surface area contributed by atoms with E-state index < -0.39 is 0 Å². The van der Waals surface area contributed by atoms with E-state index >= 15 is 0 Å². The van der Waals surface area contributed by atoms with Gasteiger partial charge >= 0.3 is 0 Å². The van der Waals surface area contributed by atoms with Crippen LogP contribution in [0.2, 0.25) is 5.02 Å². The molecule has 2 aliphatic rings.